The maximum absolute atomic E-state index is 13.6. The smallest absolute Gasteiger partial charge is 0.270 e. The largest absolute Gasteiger partial charge is 0.381 e. The average molecular weight is 778 g/mol. The number of aryl methyl sites for hydroxylation is 3. The van der Waals surface area contributed by atoms with Crippen molar-refractivity contribution < 1.29 is 14.3 Å². The summed E-state index contributed by atoms with van der Waals surface area (Å²) in [6, 6.07) is 21.6. The molecule has 0 aliphatic carbocycles. The summed E-state index contributed by atoms with van der Waals surface area (Å²) >= 11 is 0. The van der Waals surface area contributed by atoms with E-state index in [1.165, 1.54) is 23.1 Å². The van der Waals surface area contributed by atoms with Crippen molar-refractivity contribution in [3.05, 3.63) is 106 Å². The fourth-order valence-corrected chi connectivity index (χ4v) is 8.32. The minimum absolute atomic E-state index is 0. The lowest BCUT2D eigenvalue weighted by Crippen LogP contribution is -2.42. The first-order valence-electron chi connectivity index (χ1n) is 19.8. The molecule has 56 heavy (non-hydrogen) atoms. The van der Waals surface area contributed by atoms with Crippen LogP contribution < -0.4 is 21.3 Å². The third-order valence-corrected chi connectivity index (χ3v) is 11.4. The quantitative estimate of drug-likeness (QED) is 0.117. The third-order valence-electron chi connectivity index (χ3n) is 11.4. The zero-order valence-corrected chi connectivity index (χ0v) is 33.3. The van der Waals surface area contributed by atoms with Crippen LogP contribution in [0.15, 0.2) is 66.9 Å². The molecule has 0 spiro atoms. The molecule has 13 heteroatoms. The number of aromatic nitrogens is 4. The molecule has 3 saturated heterocycles. The highest BCUT2D eigenvalue weighted by atomic mass is 35.5. The van der Waals surface area contributed by atoms with Gasteiger partial charge in [0.15, 0.2) is 5.65 Å². The van der Waals surface area contributed by atoms with Crippen molar-refractivity contribution in [1.29, 1.82) is 0 Å². The Morgan fingerprint density at radius 1 is 0.929 bits per heavy atom. The van der Waals surface area contributed by atoms with E-state index in [1.54, 1.807) is 18.2 Å². The predicted molar refractivity (Wildman–Crippen MR) is 221 cm³/mol. The number of likely N-dealkylation sites (tertiary alicyclic amines) is 1. The predicted octanol–water partition coefficient (Wildman–Crippen LogP) is 5.80. The molecule has 2 aromatic carbocycles. The van der Waals surface area contributed by atoms with Gasteiger partial charge in [0.05, 0.1) is 17.3 Å². The van der Waals surface area contributed by atoms with Gasteiger partial charge in [-0.25, -0.2) is 14.6 Å². The summed E-state index contributed by atoms with van der Waals surface area (Å²) in [6.45, 7) is 12.1. The summed E-state index contributed by atoms with van der Waals surface area (Å²) in [4.78, 5) is 39.0. The van der Waals surface area contributed by atoms with Crippen LogP contribution in [-0.4, -0.2) is 80.9 Å². The molecular formula is C43H52ClN9O3. The molecule has 2 amide bonds. The van der Waals surface area contributed by atoms with Crippen molar-refractivity contribution in [1.82, 2.24) is 40.6 Å². The number of rotatable bonds is 13. The van der Waals surface area contributed by atoms with Gasteiger partial charge in [0, 0.05) is 81.9 Å². The Morgan fingerprint density at radius 2 is 1.70 bits per heavy atom. The van der Waals surface area contributed by atoms with E-state index >= 15 is 0 Å². The van der Waals surface area contributed by atoms with Gasteiger partial charge in [-0.3, -0.25) is 14.5 Å². The highest BCUT2D eigenvalue weighted by molar-refractivity contribution is 5.97. The number of benzene rings is 2. The lowest BCUT2D eigenvalue weighted by atomic mass is 9.96. The molecule has 5 aromatic rings. The number of nitrogens with zero attached hydrogens (tertiary/aromatic N) is 5. The first-order chi connectivity index (χ1) is 26.9. The molecule has 0 saturated carbocycles. The van der Waals surface area contributed by atoms with Crippen molar-refractivity contribution in [2.24, 2.45) is 0 Å². The van der Waals surface area contributed by atoms with Crippen molar-refractivity contribution in [2.75, 3.05) is 31.6 Å². The second kappa shape index (κ2) is 17.5. The minimum atomic E-state index is -0.364. The van der Waals surface area contributed by atoms with Crippen LogP contribution in [0.2, 0.25) is 0 Å². The molecule has 12 nitrogen and oxygen atoms in total. The van der Waals surface area contributed by atoms with Gasteiger partial charge < -0.3 is 26.0 Å². The molecule has 0 radical (unpaired) electrons. The fourth-order valence-electron chi connectivity index (χ4n) is 8.32. The third kappa shape index (κ3) is 8.44. The zero-order valence-electron chi connectivity index (χ0n) is 32.4. The number of amides is 2. The van der Waals surface area contributed by atoms with E-state index in [0.717, 1.165) is 71.6 Å². The van der Waals surface area contributed by atoms with Gasteiger partial charge >= 0.3 is 0 Å². The normalized spacial score (nSPS) is 18.2. The number of carbonyl (C=O) groups excluding carboxylic acids is 2. The second-order valence-electron chi connectivity index (χ2n) is 15.0. The van der Waals surface area contributed by atoms with Gasteiger partial charge in [-0.1, -0.05) is 43.3 Å². The Morgan fingerprint density at radius 3 is 2.41 bits per heavy atom. The molecular weight excluding hydrogens is 726 g/mol. The molecule has 3 aliphatic heterocycles. The Kier molecular flexibility index (Phi) is 12.3. The molecule has 3 aliphatic rings. The van der Waals surface area contributed by atoms with Crippen LogP contribution >= 0.6 is 12.4 Å². The highest BCUT2D eigenvalue weighted by Crippen LogP contribution is 2.32. The van der Waals surface area contributed by atoms with E-state index in [0.29, 0.717) is 44.8 Å². The number of nitrogens with one attached hydrogen (secondary N) is 4. The monoisotopic (exact) mass is 777 g/mol. The van der Waals surface area contributed by atoms with Crippen molar-refractivity contribution in [3.63, 3.8) is 0 Å². The zero-order chi connectivity index (χ0) is 37.9. The standard InChI is InChI=1S/C43H51N9O3.ClH/c1-4-37-35(40(48-31-14-16-55-17-15-31)36-24-47-52(5-2)41(36)50-37)23-46-43(54)39-11-7-10-38(49-39)42(53)45-21-28-13-12-27(3)34(19-28)30-9-6-8-29(18-30)25-51-26-32-20-33(51)22-44-32;/h6-13,18-19,24,31-33,44H,4-5,14-17,20-23,25-26H2,1-3H3,(H,45,53)(H,46,54)(H,48,50);1H/t32-,33?;/m0./s1. The molecule has 294 valence electrons. The first kappa shape index (κ1) is 39.4. The van der Waals surface area contributed by atoms with Gasteiger partial charge in [0.25, 0.3) is 11.8 Å². The minimum Gasteiger partial charge on any atom is -0.381 e. The molecule has 3 fully saturated rings. The van der Waals surface area contributed by atoms with Crippen molar-refractivity contribution in [2.45, 2.75) is 90.8 Å². The van der Waals surface area contributed by atoms with Crippen LogP contribution in [-0.2, 0) is 37.3 Å². The first-order valence-corrected chi connectivity index (χ1v) is 19.8. The van der Waals surface area contributed by atoms with Crippen molar-refractivity contribution >= 4 is 40.9 Å². The summed E-state index contributed by atoms with van der Waals surface area (Å²) < 4.78 is 7.50. The van der Waals surface area contributed by atoms with Gasteiger partial charge in [0.1, 0.15) is 11.4 Å². The Balaban J connectivity index is 0.00000480. The van der Waals surface area contributed by atoms with Crippen LogP contribution in [0.5, 0.6) is 0 Å². The Labute approximate surface area is 334 Å². The van der Waals surface area contributed by atoms with Crippen LogP contribution in [0.1, 0.15) is 82.0 Å². The van der Waals surface area contributed by atoms with E-state index in [1.807, 2.05) is 16.9 Å². The lowest BCUT2D eigenvalue weighted by Gasteiger charge is -2.27. The molecule has 8 rings (SSSR count). The molecule has 2 bridgehead atoms. The maximum atomic E-state index is 13.6. The van der Waals surface area contributed by atoms with Gasteiger partial charge in [-0.2, -0.15) is 5.10 Å². The fraction of sp³-hybridized carbons (Fsp3) is 0.419. The number of hydrogen-bond donors (Lipinski definition) is 4. The molecule has 3 aromatic heterocycles. The number of anilines is 1. The van der Waals surface area contributed by atoms with Crippen LogP contribution in [0.4, 0.5) is 5.69 Å². The summed E-state index contributed by atoms with van der Waals surface area (Å²) in [5.74, 6) is -0.704. The number of pyridine rings is 2. The lowest BCUT2D eigenvalue weighted by molar-refractivity contribution is 0.0904. The molecule has 2 atom stereocenters. The SMILES string of the molecule is CCc1nc2c(cnn2CC)c(NC2CCOCC2)c1CNC(=O)c1cccc(C(=O)NCc2ccc(C)c(-c3cccc(CN4C[C@@H]5CC4CN5)c3)c2)n1.Cl. The van der Waals surface area contributed by atoms with E-state index in [-0.39, 0.29) is 48.2 Å². The van der Waals surface area contributed by atoms with E-state index in [4.69, 9.17) is 9.72 Å². The number of hydrogen-bond acceptors (Lipinski definition) is 9. The average Bonchev–Trinajstić information content (AvgIpc) is 3.97. The van der Waals surface area contributed by atoms with Gasteiger partial charge in [0.2, 0.25) is 0 Å². The second-order valence-corrected chi connectivity index (χ2v) is 15.0. The summed E-state index contributed by atoms with van der Waals surface area (Å²) in [5.41, 5.74) is 9.79. The number of piperazine rings is 1. The van der Waals surface area contributed by atoms with Gasteiger partial charge in [-0.05, 0) is 91.6 Å². The summed E-state index contributed by atoms with van der Waals surface area (Å²) in [6.07, 6.45) is 5.59. The molecule has 6 heterocycles. The van der Waals surface area contributed by atoms with Crippen LogP contribution in [0, 0.1) is 6.92 Å². The van der Waals surface area contributed by atoms with E-state index < -0.39 is 0 Å². The topological polar surface area (TPSA) is 138 Å². The van der Waals surface area contributed by atoms with Crippen molar-refractivity contribution in [3.8, 4) is 11.1 Å². The molecule has 1 unspecified atom stereocenters. The number of carbonyl (C=O) groups is 2. The molecule has 4 N–H and O–H groups in total. The number of fused-ring (bicyclic) bond motifs is 3. The highest BCUT2D eigenvalue weighted by Gasteiger charge is 2.37. The summed E-state index contributed by atoms with van der Waals surface area (Å²) in [7, 11) is 0. The number of ether oxygens (including phenoxy) is 1. The summed E-state index contributed by atoms with van der Waals surface area (Å²) in [5, 5.41) is 19.0. The van der Waals surface area contributed by atoms with E-state index in [2.05, 4.69) is 93.4 Å². The van der Waals surface area contributed by atoms with Crippen LogP contribution in [0.25, 0.3) is 22.2 Å². The van der Waals surface area contributed by atoms with Gasteiger partial charge in [-0.15, -0.1) is 12.4 Å². The van der Waals surface area contributed by atoms with E-state index in [9.17, 15) is 9.59 Å². The number of halogens is 1. The Hall–Kier alpha value is -4.88. The van der Waals surface area contributed by atoms with Crippen LogP contribution in [0.3, 0.4) is 0 Å². The Bertz CT molecular complexity index is 2200. The maximum Gasteiger partial charge on any atom is 0.270 e.